The number of phenols is 1. The number of nitrogens with one attached hydrogen (secondary N) is 1. The summed E-state index contributed by atoms with van der Waals surface area (Å²) in [6, 6.07) is 10.2. The lowest BCUT2D eigenvalue weighted by atomic mass is 10.2. The Hall–Kier alpha value is -3.99. The lowest BCUT2D eigenvalue weighted by Crippen LogP contribution is -2.34. The van der Waals surface area contributed by atoms with Crippen molar-refractivity contribution in [3.8, 4) is 28.6 Å². The van der Waals surface area contributed by atoms with Crippen molar-refractivity contribution in [1.82, 2.24) is 29.7 Å². The molecule has 1 aromatic carbocycles. The molecule has 3 heterocycles. The highest BCUT2D eigenvalue weighted by Gasteiger charge is 2.35. The van der Waals surface area contributed by atoms with E-state index in [9.17, 15) is 13.5 Å². The normalized spacial score (nSPS) is 13.0. The van der Waals surface area contributed by atoms with Crippen LogP contribution in [0.3, 0.4) is 0 Å². The first-order chi connectivity index (χ1) is 17.8. The predicted molar refractivity (Wildman–Crippen MR) is 134 cm³/mol. The SMILES string of the molecule is CCO[C@H](c1ncc(Cl)cn1)[C@H](C)S(=O)(=O)Nc1nnc(-c2c#ccnc2)n1-c1c(O)cccc1OC. The molecule has 0 bridgehead atoms. The van der Waals surface area contributed by atoms with Crippen molar-refractivity contribution in [2.75, 3.05) is 18.4 Å². The van der Waals surface area contributed by atoms with Gasteiger partial charge in [-0.05, 0) is 32.0 Å². The zero-order chi connectivity index (χ0) is 26.6. The molecule has 0 saturated heterocycles. The number of hydrogen-bond donors (Lipinski definition) is 2. The molecule has 3 aromatic heterocycles. The number of aromatic nitrogens is 6. The van der Waals surface area contributed by atoms with Crippen LogP contribution >= 0.6 is 11.6 Å². The maximum atomic E-state index is 13.6. The van der Waals surface area contributed by atoms with Gasteiger partial charge in [-0.2, -0.15) is 0 Å². The topological polar surface area (TPSA) is 154 Å². The first-order valence-electron chi connectivity index (χ1n) is 10.9. The quantitative estimate of drug-likeness (QED) is 0.305. The van der Waals surface area contributed by atoms with Crippen molar-refractivity contribution in [1.29, 1.82) is 0 Å². The van der Waals surface area contributed by atoms with Crippen molar-refractivity contribution >= 4 is 27.6 Å². The van der Waals surface area contributed by atoms with E-state index in [0.29, 0.717) is 10.6 Å². The molecule has 0 amide bonds. The van der Waals surface area contributed by atoms with E-state index in [2.05, 4.69) is 42.0 Å². The van der Waals surface area contributed by atoms with Gasteiger partial charge >= 0.3 is 0 Å². The smallest absolute Gasteiger partial charge is 0.243 e. The molecule has 0 unspecified atom stereocenters. The number of hydrogen-bond acceptors (Lipinski definition) is 10. The molecule has 0 saturated carbocycles. The molecule has 0 aliphatic heterocycles. The monoisotopic (exact) mass is 543 g/mol. The minimum atomic E-state index is -4.19. The van der Waals surface area contributed by atoms with E-state index in [1.54, 1.807) is 19.1 Å². The molecular formula is C23H22ClN7O5S. The van der Waals surface area contributed by atoms with Gasteiger partial charge in [0.05, 0.1) is 23.9 Å². The maximum absolute atomic E-state index is 13.6. The van der Waals surface area contributed by atoms with Crippen LogP contribution in [0, 0.1) is 12.1 Å². The van der Waals surface area contributed by atoms with Crippen LogP contribution < -0.4 is 9.46 Å². The van der Waals surface area contributed by atoms with Crippen molar-refractivity contribution in [3.05, 3.63) is 66.0 Å². The van der Waals surface area contributed by atoms with Crippen LogP contribution in [0.4, 0.5) is 5.95 Å². The Bertz CT molecular complexity index is 1470. The van der Waals surface area contributed by atoms with E-state index in [1.165, 1.54) is 49.5 Å². The number of sulfonamides is 1. The van der Waals surface area contributed by atoms with Gasteiger partial charge in [-0.3, -0.25) is 14.3 Å². The first-order valence-corrected chi connectivity index (χ1v) is 12.9. The van der Waals surface area contributed by atoms with Crippen LogP contribution in [0.5, 0.6) is 11.5 Å². The number of benzene rings is 1. The third-order valence-electron chi connectivity index (χ3n) is 5.27. The number of aromatic hydroxyl groups is 1. The van der Waals surface area contributed by atoms with Gasteiger partial charge in [0, 0.05) is 25.2 Å². The maximum Gasteiger partial charge on any atom is 0.243 e. The van der Waals surface area contributed by atoms with E-state index < -0.39 is 21.4 Å². The number of rotatable bonds is 10. The highest BCUT2D eigenvalue weighted by atomic mass is 35.5. The molecule has 0 aliphatic rings. The van der Waals surface area contributed by atoms with E-state index in [1.807, 2.05) is 0 Å². The molecule has 4 aromatic rings. The summed E-state index contributed by atoms with van der Waals surface area (Å²) in [5.74, 6) is 0.102. The minimum absolute atomic E-state index is 0.106. The summed E-state index contributed by atoms with van der Waals surface area (Å²) in [5, 5.41) is 18.0. The second kappa shape index (κ2) is 11.0. The lowest BCUT2D eigenvalue weighted by Gasteiger charge is -2.23. The van der Waals surface area contributed by atoms with Gasteiger partial charge < -0.3 is 14.6 Å². The van der Waals surface area contributed by atoms with Gasteiger partial charge in [-0.15, -0.1) is 10.2 Å². The van der Waals surface area contributed by atoms with Gasteiger partial charge in [-0.1, -0.05) is 23.7 Å². The fourth-order valence-electron chi connectivity index (χ4n) is 3.49. The standard InChI is InChI=1S/C23H22ClN7O5S/c1-4-36-20(21-26-12-16(24)13-27-21)14(2)37(33,34)30-23-29-28-22(15-7-6-10-25-11-15)31(23)19-17(32)8-5-9-18(19)35-3/h5,8-14,20,32H,4H2,1-3H3,(H,29,30)/t14-,20-/m0/s1. The Labute approximate surface area is 218 Å². The number of ether oxygens (including phenoxy) is 2. The van der Waals surface area contributed by atoms with E-state index >= 15 is 0 Å². The molecular weight excluding hydrogens is 522 g/mol. The van der Waals surface area contributed by atoms with E-state index in [0.717, 1.165) is 0 Å². The summed E-state index contributed by atoms with van der Waals surface area (Å²) in [6.07, 6.45) is 4.56. The molecule has 0 aliphatic carbocycles. The largest absolute Gasteiger partial charge is 0.506 e. The molecule has 0 radical (unpaired) electrons. The van der Waals surface area contributed by atoms with Gasteiger partial charge in [0.25, 0.3) is 0 Å². The Kier molecular flexibility index (Phi) is 7.72. The number of para-hydroxylation sites is 1. The molecule has 0 fully saturated rings. The third kappa shape index (κ3) is 5.41. The van der Waals surface area contributed by atoms with Crippen LogP contribution in [-0.2, 0) is 14.8 Å². The first kappa shape index (κ1) is 26.1. The summed E-state index contributed by atoms with van der Waals surface area (Å²) in [7, 11) is -2.78. The van der Waals surface area contributed by atoms with Gasteiger partial charge in [-0.25, -0.2) is 18.4 Å². The molecule has 192 valence electrons. The number of nitrogens with zero attached hydrogens (tertiary/aromatic N) is 6. The second-order valence-electron chi connectivity index (χ2n) is 7.59. The predicted octanol–water partition coefficient (Wildman–Crippen LogP) is 3.00. The van der Waals surface area contributed by atoms with E-state index in [-0.39, 0.29) is 41.4 Å². The molecule has 0 spiro atoms. The number of methoxy groups -OCH3 is 1. The van der Waals surface area contributed by atoms with Crippen LogP contribution in [-0.4, -0.2) is 62.2 Å². The molecule has 2 atom stereocenters. The Morgan fingerprint density at radius 2 is 1.97 bits per heavy atom. The molecule has 12 nitrogen and oxygen atoms in total. The van der Waals surface area contributed by atoms with Crippen molar-refractivity contribution in [2.24, 2.45) is 0 Å². The molecule has 4 rings (SSSR count). The van der Waals surface area contributed by atoms with E-state index in [4.69, 9.17) is 21.1 Å². The van der Waals surface area contributed by atoms with Crippen molar-refractivity contribution in [2.45, 2.75) is 25.2 Å². The highest BCUT2D eigenvalue weighted by molar-refractivity contribution is 7.93. The van der Waals surface area contributed by atoms with Gasteiger partial charge in [0.15, 0.2) is 11.6 Å². The fourth-order valence-corrected chi connectivity index (χ4v) is 4.69. The fraction of sp³-hybridized carbons (Fsp3) is 0.261. The number of phenolic OH excluding ortho intramolecular Hbond substituents is 1. The Balaban J connectivity index is 1.80. The molecule has 14 heteroatoms. The van der Waals surface area contributed by atoms with Crippen molar-refractivity contribution in [3.63, 3.8) is 0 Å². The summed E-state index contributed by atoms with van der Waals surface area (Å²) < 4.78 is 42.0. The zero-order valence-electron chi connectivity index (χ0n) is 20.0. The number of anilines is 1. The highest BCUT2D eigenvalue weighted by Crippen LogP contribution is 2.37. The van der Waals surface area contributed by atoms with Crippen LogP contribution in [0.1, 0.15) is 25.8 Å². The average molecular weight is 544 g/mol. The van der Waals surface area contributed by atoms with Crippen LogP contribution in [0.25, 0.3) is 17.1 Å². The molecule has 37 heavy (non-hydrogen) atoms. The molecule has 2 N–H and O–H groups in total. The summed E-state index contributed by atoms with van der Waals surface area (Å²) >= 11 is 5.88. The zero-order valence-corrected chi connectivity index (χ0v) is 21.5. The summed E-state index contributed by atoms with van der Waals surface area (Å²) in [4.78, 5) is 12.3. The number of halogens is 1. The van der Waals surface area contributed by atoms with Gasteiger partial charge in [0.2, 0.25) is 16.0 Å². The Morgan fingerprint density at radius 1 is 1.22 bits per heavy atom. The van der Waals surface area contributed by atoms with Gasteiger partial charge in [0.1, 0.15) is 28.5 Å². The second-order valence-corrected chi connectivity index (χ2v) is 10.1. The summed E-state index contributed by atoms with van der Waals surface area (Å²) in [5.41, 5.74) is 0.454. The Morgan fingerprint density at radius 3 is 2.62 bits per heavy atom. The summed E-state index contributed by atoms with van der Waals surface area (Å²) in [6.45, 7) is 3.39. The average Bonchev–Trinajstić information content (AvgIpc) is 3.30. The third-order valence-corrected chi connectivity index (χ3v) is 7.15. The van der Waals surface area contributed by atoms with Crippen LogP contribution in [0.2, 0.25) is 5.02 Å². The minimum Gasteiger partial charge on any atom is -0.506 e. The lowest BCUT2D eigenvalue weighted by molar-refractivity contribution is 0.0558. The van der Waals surface area contributed by atoms with Crippen molar-refractivity contribution < 1.29 is 23.0 Å². The van der Waals surface area contributed by atoms with Crippen LogP contribution in [0.15, 0.2) is 43.0 Å².